The van der Waals surface area contributed by atoms with Crippen molar-refractivity contribution in [2.45, 2.75) is 38.5 Å². The van der Waals surface area contributed by atoms with Gasteiger partial charge in [-0.3, -0.25) is 14.6 Å². The zero-order valence-corrected chi connectivity index (χ0v) is 20.4. The maximum Gasteiger partial charge on any atom is 0.182 e. The minimum Gasteiger partial charge on any atom is -0.293 e. The van der Waals surface area contributed by atoms with E-state index < -0.39 is 17.5 Å². The number of allylic oxidation sites excluding steroid dienone is 2. The Hall–Kier alpha value is -1.91. The molecule has 1 atom stereocenters. The quantitative estimate of drug-likeness (QED) is 0.151. The fraction of sp³-hybridized carbons (Fsp3) is 0.240. The SMILES string of the molecule is C/C=C\CCC(C)c1ccc2nc(C3C(=O)c4c(Cl)c(Cl)c(Cl)c(Cl)c4C3=O)ccc2c1. The summed E-state index contributed by atoms with van der Waals surface area (Å²) in [5, 5.41) is 0.744. The van der Waals surface area contributed by atoms with Crippen LogP contribution >= 0.6 is 46.4 Å². The first kappa shape index (κ1) is 23.3. The molecule has 0 amide bonds. The first-order valence-corrected chi connectivity index (χ1v) is 11.7. The van der Waals surface area contributed by atoms with Gasteiger partial charge >= 0.3 is 0 Å². The van der Waals surface area contributed by atoms with Crippen LogP contribution in [0.15, 0.2) is 42.5 Å². The van der Waals surface area contributed by atoms with Gasteiger partial charge in [0.25, 0.3) is 0 Å². The Balaban J connectivity index is 1.70. The molecular formula is C25H19Cl4NO2. The molecule has 1 aliphatic rings. The number of pyridine rings is 1. The molecule has 0 saturated heterocycles. The summed E-state index contributed by atoms with van der Waals surface area (Å²) < 4.78 is 0. The molecule has 1 aromatic heterocycles. The molecule has 0 aliphatic heterocycles. The summed E-state index contributed by atoms with van der Waals surface area (Å²) in [5.74, 6) is -1.67. The van der Waals surface area contributed by atoms with Crippen molar-refractivity contribution in [3.05, 3.63) is 85.0 Å². The van der Waals surface area contributed by atoms with Gasteiger partial charge in [-0.25, -0.2) is 0 Å². The normalized spacial score (nSPS) is 15.2. The number of carbonyl (C=O) groups excluding carboxylic acids is 2. The third-order valence-corrected chi connectivity index (χ3v) is 7.69. The summed E-state index contributed by atoms with van der Waals surface area (Å²) in [6.07, 6.45) is 6.30. The van der Waals surface area contributed by atoms with Gasteiger partial charge in [0, 0.05) is 5.39 Å². The van der Waals surface area contributed by atoms with Gasteiger partial charge in [-0.1, -0.05) is 77.6 Å². The number of hydrogen-bond acceptors (Lipinski definition) is 3. The number of halogens is 4. The van der Waals surface area contributed by atoms with Crippen molar-refractivity contribution in [1.82, 2.24) is 4.98 Å². The van der Waals surface area contributed by atoms with E-state index in [0.717, 1.165) is 18.2 Å². The molecule has 3 aromatic rings. The van der Waals surface area contributed by atoms with E-state index in [1.807, 2.05) is 25.1 Å². The van der Waals surface area contributed by atoms with Crippen LogP contribution in [0.25, 0.3) is 10.9 Å². The van der Waals surface area contributed by atoms with E-state index in [9.17, 15) is 9.59 Å². The topological polar surface area (TPSA) is 47.0 Å². The van der Waals surface area contributed by atoms with Crippen molar-refractivity contribution < 1.29 is 9.59 Å². The number of ketones is 2. The molecule has 0 bridgehead atoms. The maximum absolute atomic E-state index is 13.1. The van der Waals surface area contributed by atoms with E-state index in [0.29, 0.717) is 17.1 Å². The molecule has 0 radical (unpaired) electrons. The molecule has 1 unspecified atom stereocenters. The first-order valence-electron chi connectivity index (χ1n) is 10.2. The van der Waals surface area contributed by atoms with Gasteiger partial charge in [0.15, 0.2) is 11.6 Å². The van der Waals surface area contributed by atoms with E-state index in [1.54, 1.807) is 6.07 Å². The number of carbonyl (C=O) groups is 2. The molecular weight excluding hydrogens is 488 g/mol. The third kappa shape index (κ3) is 3.86. The highest BCUT2D eigenvalue weighted by molar-refractivity contribution is 6.55. The third-order valence-electron chi connectivity index (χ3n) is 5.89. The van der Waals surface area contributed by atoms with Crippen LogP contribution < -0.4 is 0 Å². The van der Waals surface area contributed by atoms with E-state index >= 15 is 0 Å². The minimum absolute atomic E-state index is 0.00765. The molecule has 7 heteroatoms. The molecule has 1 aliphatic carbocycles. The number of rotatable bonds is 5. The fourth-order valence-electron chi connectivity index (χ4n) is 4.08. The lowest BCUT2D eigenvalue weighted by molar-refractivity contribution is 0.0888. The second kappa shape index (κ2) is 9.15. The van der Waals surface area contributed by atoms with Gasteiger partial charge in [-0.2, -0.15) is 0 Å². The molecule has 0 N–H and O–H groups in total. The predicted octanol–water partition coefficient (Wildman–Crippen LogP) is 8.47. The highest BCUT2D eigenvalue weighted by atomic mass is 35.5. The van der Waals surface area contributed by atoms with Crippen LogP contribution in [0.1, 0.15) is 70.5 Å². The molecule has 3 nitrogen and oxygen atoms in total. The van der Waals surface area contributed by atoms with Gasteiger partial charge in [-0.05, 0) is 49.4 Å². The van der Waals surface area contributed by atoms with Crippen LogP contribution in [0.5, 0.6) is 0 Å². The molecule has 0 spiro atoms. The van der Waals surface area contributed by atoms with Crippen molar-refractivity contribution in [3.63, 3.8) is 0 Å². The summed E-state index contributed by atoms with van der Waals surface area (Å²) in [6.45, 7) is 4.22. The maximum atomic E-state index is 13.1. The first-order chi connectivity index (χ1) is 15.3. The summed E-state index contributed by atoms with van der Waals surface area (Å²) >= 11 is 24.7. The average Bonchev–Trinajstić information content (AvgIpc) is 3.05. The van der Waals surface area contributed by atoms with Gasteiger partial charge in [-0.15, -0.1) is 0 Å². The number of aromatic nitrogens is 1. The number of Topliss-reactive ketones (excluding diaryl/α,β-unsaturated/α-hetero) is 2. The van der Waals surface area contributed by atoms with Crippen molar-refractivity contribution >= 4 is 68.9 Å². The van der Waals surface area contributed by atoms with E-state index in [1.165, 1.54) is 5.56 Å². The molecule has 164 valence electrons. The second-order valence-corrected chi connectivity index (χ2v) is 9.41. The zero-order chi connectivity index (χ0) is 23.2. The van der Waals surface area contributed by atoms with E-state index in [2.05, 4.69) is 30.1 Å². The lowest BCUT2D eigenvalue weighted by Crippen LogP contribution is -2.14. The number of benzene rings is 2. The van der Waals surface area contributed by atoms with Crippen LogP contribution in [0, 0.1) is 0 Å². The number of fused-ring (bicyclic) bond motifs is 2. The Morgan fingerprint density at radius 2 is 1.56 bits per heavy atom. The molecule has 0 saturated carbocycles. The molecule has 32 heavy (non-hydrogen) atoms. The molecule has 4 rings (SSSR count). The van der Waals surface area contributed by atoms with Gasteiger partial charge in [0.1, 0.15) is 5.92 Å². The van der Waals surface area contributed by atoms with Gasteiger partial charge in [0.05, 0.1) is 42.4 Å². The Bertz CT molecular complexity index is 1250. The number of nitrogens with zero attached hydrogens (tertiary/aromatic N) is 1. The summed E-state index contributed by atoms with van der Waals surface area (Å²) in [5.41, 5.74) is 2.29. The van der Waals surface area contributed by atoms with Gasteiger partial charge in [0.2, 0.25) is 0 Å². The van der Waals surface area contributed by atoms with Crippen LogP contribution in [-0.4, -0.2) is 16.6 Å². The Morgan fingerprint density at radius 3 is 2.16 bits per heavy atom. The van der Waals surface area contributed by atoms with Crippen molar-refractivity contribution in [2.24, 2.45) is 0 Å². The summed E-state index contributed by atoms with van der Waals surface area (Å²) in [6, 6.07) is 9.65. The average molecular weight is 507 g/mol. The minimum atomic E-state index is -1.13. The summed E-state index contributed by atoms with van der Waals surface area (Å²) in [7, 11) is 0. The van der Waals surface area contributed by atoms with Gasteiger partial charge < -0.3 is 0 Å². The lowest BCUT2D eigenvalue weighted by Gasteiger charge is -2.13. The Labute approximate surface area is 206 Å². The monoisotopic (exact) mass is 505 g/mol. The zero-order valence-electron chi connectivity index (χ0n) is 17.4. The van der Waals surface area contributed by atoms with Crippen molar-refractivity contribution in [2.75, 3.05) is 0 Å². The molecule has 2 aromatic carbocycles. The second-order valence-electron chi connectivity index (χ2n) is 7.90. The predicted molar refractivity (Wildman–Crippen MR) is 132 cm³/mol. The Kier molecular flexibility index (Phi) is 6.65. The summed E-state index contributed by atoms with van der Waals surface area (Å²) in [4.78, 5) is 30.9. The van der Waals surface area contributed by atoms with Crippen LogP contribution in [0.2, 0.25) is 20.1 Å². The van der Waals surface area contributed by atoms with Crippen molar-refractivity contribution in [3.8, 4) is 0 Å². The Morgan fingerprint density at radius 1 is 0.938 bits per heavy atom. The van der Waals surface area contributed by atoms with Crippen LogP contribution in [-0.2, 0) is 0 Å². The largest absolute Gasteiger partial charge is 0.293 e. The lowest BCUT2D eigenvalue weighted by atomic mass is 9.94. The van der Waals surface area contributed by atoms with Crippen LogP contribution in [0.4, 0.5) is 0 Å². The highest BCUT2D eigenvalue weighted by Crippen LogP contribution is 2.48. The highest BCUT2D eigenvalue weighted by Gasteiger charge is 2.45. The fourth-order valence-corrected chi connectivity index (χ4v) is 5.12. The standard InChI is InChI=1S/C25H19Cl4NO2/c1-3-4-5-6-12(2)13-7-9-15-14(11-13)8-10-16(30-15)17-24(31)18-19(25(17)32)21(27)23(29)22(28)20(18)26/h3-4,7-12,17H,5-6H2,1-2H3/b4-3-. The van der Waals surface area contributed by atoms with Crippen LogP contribution in [0.3, 0.4) is 0 Å². The molecule has 1 heterocycles. The van der Waals surface area contributed by atoms with Crippen molar-refractivity contribution in [1.29, 1.82) is 0 Å². The smallest absolute Gasteiger partial charge is 0.182 e. The molecule has 0 fully saturated rings. The number of hydrogen-bond donors (Lipinski definition) is 0. The van der Waals surface area contributed by atoms with E-state index in [4.69, 9.17) is 46.4 Å². The van der Waals surface area contributed by atoms with E-state index in [-0.39, 0.29) is 31.2 Å².